The predicted molar refractivity (Wildman–Crippen MR) is 77.1 cm³/mol. The van der Waals surface area contributed by atoms with Crippen molar-refractivity contribution in [2.45, 2.75) is 26.2 Å². The smallest absolute Gasteiger partial charge is 0.273 e. The second-order valence-electron chi connectivity index (χ2n) is 5.05. The van der Waals surface area contributed by atoms with Gasteiger partial charge in [-0.2, -0.15) is 0 Å². The Bertz CT molecular complexity index is 531. The molecule has 0 saturated carbocycles. The average Bonchev–Trinajstić information content (AvgIpc) is 2.94. The fraction of sp³-hybridized carbons (Fsp3) is 0.500. The van der Waals surface area contributed by atoms with Crippen molar-refractivity contribution in [1.82, 2.24) is 9.88 Å². The first-order chi connectivity index (χ1) is 9.76. The fourth-order valence-corrected chi connectivity index (χ4v) is 2.62. The molecule has 2 rings (SSSR count). The zero-order valence-corrected chi connectivity index (χ0v) is 11.8. The highest BCUT2D eigenvalue weighted by atomic mass is 16.2. The SMILES string of the molecule is CCCC1CCN(C(=O)c2ncccc2C#CCO)C1. The average molecular weight is 272 g/mol. The minimum absolute atomic E-state index is 0.0496. The van der Waals surface area contributed by atoms with Crippen LogP contribution in [0.4, 0.5) is 0 Å². The second kappa shape index (κ2) is 7.06. The van der Waals surface area contributed by atoms with Crippen LogP contribution in [0, 0.1) is 17.8 Å². The van der Waals surface area contributed by atoms with E-state index in [1.54, 1.807) is 18.3 Å². The molecule has 1 aromatic heterocycles. The zero-order chi connectivity index (χ0) is 14.4. The second-order valence-corrected chi connectivity index (χ2v) is 5.05. The van der Waals surface area contributed by atoms with Gasteiger partial charge in [-0.15, -0.1) is 0 Å². The van der Waals surface area contributed by atoms with Crippen LogP contribution in [0.5, 0.6) is 0 Å². The Labute approximate surface area is 119 Å². The van der Waals surface area contributed by atoms with Crippen molar-refractivity contribution in [1.29, 1.82) is 0 Å². The molecule has 0 radical (unpaired) electrons. The van der Waals surface area contributed by atoms with Gasteiger partial charge in [0.15, 0.2) is 0 Å². The topological polar surface area (TPSA) is 53.4 Å². The van der Waals surface area contributed by atoms with E-state index < -0.39 is 0 Å². The van der Waals surface area contributed by atoms with E-state index in [4.69, 9.17) is 5.11 Å². The number of pyridine rings is 1. The highest BCUT2D eigenvalue weighted by Gasteiger charge is 2.27. The van der Waals surface area contributed by atoms with Gasteiger partial charge in [0.1, 0.15) is 12.3 Å². The molecule has 1 amide bonds. The predicted octanol–water partition coefficient (Wildman–Crippen LogP) is 1.69. The molecular formula is C16H20N2O2. The molecular weight excluding hydrogens is 252 g/mol. The molecule has 1 aromatic rings. The van der Waals surface area contributed by atoms with Crippen LogP contribution in [0.3, 0.4) is 0 Å². The molecule has 0 aliphatic carbocycles. The first-order valence-corrected chi connectivity index (χ1v) is 7.10. The standard InChI is InChI=1S/C16H20N2O2/c1-2-5-13-8-10-18(12-13)16(20)15-14(7-4-11-19)6-3-9-17-15/h3,6,9,13,19H,2,5,8,10-12H2,1H3. The van der Waals surface area contributed by atoms with E-state index in [1.165, 1.54) is 6.42 Å². The molecule has 20 heavy (non-hydrogen) atoms. The molecule has 0 spiro atoms. The lowest BCUT2D eigenvalue weighted by Crippen LogP contribution is -2.30. The van der Waals surface area contributed by atoms with Gasteiger partial charge in [-0.3, -0.25) is 4.79 Å². The molecule has 1 unspecified atom stereocenters. The molecule has 0 aromatic carbocycles. The summed E-state index contributed by atoms with van der Waals surface area (Å²) in [5.41, 5.74) is 0.982. The fourth-order valence-electron chi connectivity index (χ4n) is 2.62. The Morgan fingerprint density at radius 3 is 3.20 bits per heavy atom. The van der Waals surface area contributed by atoms with Crippen molar-refractivity contribution >= 4 is 5.91 Å². The highest BCUT2D eigenvalue weighted by Crippen LogP contribution is 2.22. The maximum absolute atomic E-state index is 12.5. The van der Waals surface area contributed by atoms with Gasteiger partial charge in [-0.1, -0.05) is 25.2 Å². The van der Waals surface area contributed by atoms with Crippen LogP contribution in [0.25, 0.3) is 0 Å². The van der Waals surface area contributed by atoms with E-state index in [1.807, 2.05) is 4.90 Å². The van der Waals surface area contributed by atoms with Gasteiger partial charge in [0, 0.05) is 19.3 Å². The Morgan fingerprint density at radius 1 is 1.60 bits per heavy atom. The lowest BCUT2D eigenvalue weighted by molar-refractivity contribution is 0.0780. The van der Waals surface area contributed by atoms with E-state index in [0.29, 0.717) is 17.2 Å². The number of hydrogen-bond donors (Lipinski definition) is 1. The summed E-state index contributed by atoms with van der Waals surface area (Å²) in [6, 6.07) is 3.52. The van der Waals surface area contributed by atoms with Gasteiger partial charge in [0.05, 0.1) is 5.56 Å². The van der Waals surface area contributed by atoms with Crippen molar-refractivity contribution in [3.05, 3.63) is 29.6 Å². The Balaban J connectivity index is 2.14. The number of nitrogens with zero attached hydrogens (tertiary/aromatic N) is 2. The minimum atomic E-state index is -0.217. The third-order valence-corrected chi connectivity index (χ3v) is 3.58. The molecule has 1 saturated heterocycles. The Hall–Kier alpha value is -1.86. The molecule has 1 atom stereocenters. The van der Waals surface area contributed by atoms with Crippen molar-refractivity contribution in [3.8, 4) is 11.8 Å². The van der Waals surface area contributed by atoms with Gasteiger partial charge in [0.25, 0.3) is 5.91 Å². The maximum Gasteiger partial charge on any atom is 0.273 e. The largest absolute Gasteiger partial charge is 0.384 e. The highest BCUT2D eigenvalue weighted by molar-refractivity contribution is 5.94. The van der Waals surface area contributed by atoms with E-state index in [0.717, 1.165) is 25.9 Å². The van der Waals surface area contributed by atoms with Crippen LogP contribution in [0.2, 0.25) is 0 Å². The van der Waals surface area contributed by atoms with E-state index >= 15 is 0 Å². The first-order valence-electron chi connectivity index (χ1n) is 7.10. The number of amides is 1. The van der Waals surface area contributed by atoms with Crippen molar-refractivity contribution in [2.24, 2.45) is 5.92 Å². The molecule has 0 bridgehead atoms. The number of carbonyl (C=O) groups excluding carboxylic acids is 1. The maximum atomic E-state index is 12.5. The molecule has 1 fully saturated rings. The van der Waals surface area contributed by atoms with Crippen LogP contribution in [0.1, 0.15) is 42.2 Å². The summed E-state index contributed by atoms with van der Waals surface area (Å²) in [5.74, 6) is 5.93. The minimum Gasteiger partial charge on any atom is -0.384 e. The van der Waals surface area contributed by atoms with Crippen LogP contribution < -0.4 is 0 Å². The van der Waals surface area contributed by atoms with E-state index in [2.05, 4.69) is 23.7 Å². The number of aliphatic hydroxyl groups excluding tert-OH is 1. The summed E-state index contributed by atoms with van der Waals surface area (Å²) in [6.07, 6.45) is 5.01. The summed E-state index contributed by atoms with van der Waals surface area (Å²) in [4.78, 5) is 18.6. The van der Waals surface area contributed by atoms with Crippen LogP contribution >= 0.6 is 0 Å². The van der Waals surface area contributed by atoms with Crippen molar-refractivity contribution in [3.63, 3.8) is 0 Å². The van der Waals surface area contributed by atoms with E-state index in [9.17, 15) is 4.79 Å². The number of hydrogen-bond acceptors (Lipinski definition) is 3. The van der Waals surface area contributed by atoms with E-state index in [-0.39, 0.29) is 12.5 Å². The van der Waals surface area contributed by atoms with Gasteiger partial charge >= 0.3 is 0 Å². The molecule has 2 heterocycles. The van der Waals surface area contributed by atoms with Gasteiger partial charge in [0.2, 0.25) is 0 Å². The molecule has 106 valence electrons. The summed E-state index contributed by atoms with van der Waals surface area (Å²) in [5, 5.41) is 8.77. The lowest BCUT2D eigenvalue weighted by atomic mass is 10.0. The zero-order valence-electron chi connectivity index (χ0n) is 11.8. The number of likely N-dealkylation sites (tertiary alicyclic amines) is 1. The van der Waals surface area contributed by atoms with Crippen LogP contribution in [-0.4, -0.2) is 40.6 Å². The summed E-state index contributed by atoms with van der Waals surface area (Å²) < 4.78 is 0. The third-order valence-electron chi connectivity index (χ3n) is 3.58. The monoisotopic (exact) mass is 272 g/mol. The summed E-state index contributed by atoms with van der Waals surface area (Å²) >= 11 is 0. The molecule has 1 aliphatic rings. The van der Waals surface area contributed by atoms with Gasteiger partial charge in [-0.25, -0.2) is 4.98 Å². The molecule has 1 aliphatic heterocycles. The Morgan fingerprint density at radius 2 is 2.45 bits per heavy atom. The third kappa shape index (κ3) is 3.37. The number of rotatable bonds is 3. The quantitative estimate of drug-likeness (QED) is 0.852. The molecule has 4 heteroatoms. The number of aliphatic hydroxyl groups is 1. The van der Waals surface area contributed by atoms with Crippen molar-refractivity contribution < 1.29 is 9.90 Å². The number of carbonyl (C=O) groups is 1. The lowest BCUT2D eigenvalue weighted by Gasteiger charge is -2.16. The van der Waals surface area contributed by atoms with Gasteiger partial charge < -0.3 is 10.0 Å². The summed E-state index contributed by atoms with van der Waals surface area (Å²) in [6.45, 7) is 3.57. The summed E-state index contributed by atoms with van der Waals surface area (Å²) in [7, 11) is 0. The van der Waals surface area contributed by atoms with Crippen LogP contribution in [0.15, 0.2) is 18.3 Å². The van der Waals surface area contributed by atoms with Crippen LogP contribution in [-0.2, 0) is 0 Å². The molecule has 1 N–H and O–H groups in total. The van der Waals surface area contributed by atoms with Gasteiger partial charge in [-0.05, 0) is 30.9 Å². The Kier molecular flexibility index (Phi) is 5.14. The number of aromatic nitrogens is 1. The first kappa shape index (κ1) is 14.5. The van der Waals surface area contributed by atoms with Crippen molar-refractivity contribution in [2.75, 3.05) is 19.7 Å². The molecule has 4 nitrogen and oxygen atoms in total. The normalized spacial score (nSPS) is 17.7.